The van der Waals surface area contributed by atoms with Crippen LogP contribution >= 0.6 is 11.3 Å². The number of hydrogen-bond acceptors (Lipinski definition) is 5. The Morgan fingerprint density at radius 2 is 2.15 bits per heavy atom. The zero-order valence-electron chi connectivity index (χ0n) is 11.7. The van der Waals surface area contributed by atoms with Crippen molar-refractivity contribution in [1.29, 1.82) is 0 Å². The first-order chi connectivity index (χ1) is 9.42. The third-order valence-corrected chi connectivity index (χ3v) is 5.65. The topological polar surface area (TPSA) is 76.0 Å². The lowest BCUT2D eigenvalue weighted by atomic mass is 10.4. The summed E-state index contributed by atoms with van der Waals surface area (Å²) < 4.78 is 29.1. The molecule has 0 saturated carbocycles. The molecule has 0 aromatic carbocycles. The molecule has 0 radical (unpaired) electrons. The summed E-state index contributed by atoms with van der Waals surface area (Å²) in [6.07, 6.45) is 1.65. The maximum Gasteiger partial charge on any atom is 0.271 e. The van der Waals surface area contributed by atoms with Gasteiger partial charge >= 0.3 is 0 Å². The van der Waals surface area contributed by atoms with Gasteiger partial charge in [-0.1, -0.05) is 6.92 Å². The summed E-state index contributed by atoms with van der Waals surface area (Å²) in [6.45, 7) is 5.32. The van der Waals surface area contributed by atoms with E-state index in [1.807, 2.05) is 13.0 Å². The van der Waals surface area contributed by atoms with Crippen LogP contribution in [0.3, 0.4) is 0 Å². The quantitative estimate of drug-likeness (QED) is 0.851. The van der Waals surface area contributed by atoms with E-state index in [0.717, 1.165) is 11.4 Å². The first-order valence-electron chi connectivity index (χ1n) is 6.25. The number of nitrogens with zero attached hydrogens (tertiary/aromatic N) is 2. The van der Waals surface area contributed by atoms with Gasteiger partial charge in [0.05, 0.1) is 11.4 Å². The second-order valence-electron chi connectivity index (χ2n) is 4.41. The fraction of sp³-hybridized carbons (Fsp3) is 0.417. The van der Waals surface area contributed by atoms with Crippen LogP contribution in [0.25, 0.3) is 0 Å². The molecular weight excluding hydrogens is 296 g/mol. The van der Waals surface area contributed by atoms with Crippen LogP contribution in [0.2, 0.25) is 0 Å². The Hall–Kier alpha value is -1.38. The van der Waals surface area contributed by atoms with Gasteiger partial charge in [-0.3, -0.25) is 9.40 Å². The van der Waals surface area contributed by atoms with E-state index in [1.54, 1.807) is 30.9 Å². The van der Waals surface area contributed by atoms with Crippen molar-refractivity contribution in [3.05, 3.63) is 28.9 Å². The zero-order valence-corrected chi connectivity index (χ0v) is 13.3. The second kappa shape index (κ2) is 5.94. The van der Waals surface area contributed by atoms with Gasteiger partial charge in [0.15, 0.2) is 0 Å². The summed E-state index contributed by atoms with van der Waals surface area (Å²) >= 11 is 1.27. The van der Waals surface area contributed by atoms with E-state index in [1.165, 1.54) is 11.3 Å². The lowest BCUT2D eigenvalue weighted by Gasteiger charge is -2.04. The predicted octanol–water partition coefficient (Wildman–Crippen LogP) is 1.70. The third kappa shape index (κ3) is 3.38. The van der Waals surface area contributed by atoms with Gasteiger partial charge < -0.3 is 5.32 Å². The molecule has 110 valence electrons. The maximum absolute atomic E-state index is 12.3. The van der Waals surface area contributed by atoms with Crippen molar-refractivity contribution in [1.82, 2.24) is 15.1 Å². The number of aryl methyl sites for hydroxylation is 2. The van der Waals surface area contributed by atoms with E-state index in [4.69, 9.17) is 0 Å². The van der Waals surface area contributed by atoms with Crippen LogP contribution < -0.4 is 10.0 Å². The Balaban J connectivity index is 2.18. The highest BCUT2D eigenvalue weighted by Crippen LogP contribution is 2.24. The van der Waals surface area contributed by atoms with Crippen molar-refractivity contribution >= 4 is 27.0 Å². The Morgan fingerprint density at radius 3 is 2.75 bits per heavy atom. The van der Waals surface area contributed by atoms with Crippen molar-refractivity contribution in [2.24, 2.45) is 7.05 Å². The second-order valence-corrected chi connectivity index (χ2v) is 7.49. The zero-order chi connectivity index (χ0) is 14.8. The van der Waals surface area contributed by atoms with Gasteiger partial charge in [0.2, 0.25) is 0 Å². The van der Waals surface area contributed by atoms with E-state index in [-0.39, 0.29) is 0 Å². The molecule has 0 unspecified atom stereocenters. The lowest BCUT2D eigenvalue weighted by Crippen LogP contribution is -2.12. The first kappa shape index (κ1) is 15.0. The smallest absolute Gasteiger partial charge is 0.271 e. The Morgan fingerprint density at radius 1 is 1.40 bits per heavy atom. The number of rotatable bonds is 6. The predicted molar refractivity (Wildman–Crippen MR) is 80.5 cm³/mol. The molecule has 2 N–H and O–H groups in total. The summed E-state index contributed by atoms with van der Waals surface area (Å²) in [5.74, 6) is 0. The molecule has 2 aromatic heterocycles. The first-order valence-corrected chi connectivity index (χ1v) is 8.55. The van der Waals surface area contributed by atoms with Gasteiger partial charge in [-0.05, 0) is 25.6 Å². The Bertz CT molecular complexity index is 688. The molecule has 0 aliphatic heterocycles. The van der Waals surface area contributed by atoms with Crippen LogP contribution in [-0.4, -0.2) is 24.7 Å². The van der Waals surface area contributed by atoms with Gasteiger partial charge in [0.1, 0.15) is 4.21 Å². The number of hydrogen-bond donors (Lipinski definition) is 2. The SMILES string of the molecule is CCNCc1ccc(S(=O)(=O)Nc2cn(C)nc2C)s1. The van der Waals surface area contributed by atoms with Gasteiger partial charge in [-0.15, -0.1) is 11.3 Å². The van der Waals surface area contributed by atoms with Gasteiger partial charge in [0, 0.05) is 24.7 Å². The molecule has 6 nitrogen and oxygen atoms in total. The van der Waals surface area contributed by atoms with Gasteiger partial charge in [0.25, 0.3) is 10.0 Å². The highest BCUT2D eigenvalue weighted by Gasteiger charge is 2.18. The molecule has 0 aliphatic carbocycles. The minimum atomic E-state index is -3.54. The molecule has 2 rings (SSSR count). The van der Waals surface area contributed by atoms with Crippen LogP contribution in [0, 0.1) is 6.92 Å². The Kier molecular flexibility index (Phi) is 4.46. The fourth-order valence-corrected chi connectivity index (χ4v) is 4.17. The van der Waals surface area contributed by atoms with E-state index < -0.39 is 10.0 Å². The average molecular weight is 314 g/mol. The molecular formula is C12H18N4O2S2. The number of aromatic nitrogens is 2. The molecule has 2 aromatic rings. The van der Waals surface area contributed by atoms with Crippen LogP contribution in [-0.2, 0) is 23.6 Å². The Labute approximate surface area is 122 Å². The normalized spacial score (nSPS) is 11.8. The number of sulfonamides is 1. The van der Waals surface area contributed by atoms with Crippen molar-refractivity contribution in [2.45, 2.75) is 24.6 Å². The molecule has 0 bridgehead atoms. The molecule has 8 heteroatoms. The largest absolute Gasteiger partial charge is 0.312 e. The highest BCUT2D eigenvalue weighted by molar-refractivity contribution is 7.94. The van der Waals surface area contributed by atoms with Crippen molar-refractivity contribution in [2.75, 3.05) is 11.3 Å². The van der Waals surface area contributed by atoms with E-state index in [2.05, 4.69) is 15.1 Å². The molecule has 0 atom stereocenters. The van der Waals surface area contributed by atoms with Gasteiger partial charge in [-0.2, -0.15) is 5.10 Å². The molecule has 0 fully saturated rings. The number of anilines is 1. The highest BCUT2D eigenvalue weighted by atomic mass is 32.2. The lowest BCUT2D eigenvalue weighted by molar-refractivity contribution is 0.603. The van der Waals surface area contributed by atoms with Crippen LogP contribution in [0.4, 0.5) is 5.69 Å². The van der Waals surface area contributed by atoms with Gasteiger partial charge in [-0.25, -0.2) is 8.42 Å². The number of nitrogens with one attached hydrogen (secondary N) is 2. The van der Waals surface area contributed by atoms with Crippen molar-refractivity contribution < 1.29 is 8.42 Å². The monoisotopic (exact) mass is 314 g/mol. The molecule has 20 heavy (non-hydrogen) atoms. The molecule has 0 spiro atoms. The minimum absolute atomic E-state index is 0.314. The summed E-state index contributed by atoms with van der Waals surface area (Å²) in [7, 11) is -1.78. The minimum Gasteiger partial charge on any atom is -0.312 e. The molecule has 0 saturated heterocycles. The average Bonchev–Trinajstić information content (AvgIpc) is 2.94. The molecule has 2 heterocycles. The summed E-state index contributed by atoms with van der Waals surface area (Å²) in [5.41, 5.74) is 1.16. The number of thiophene rings is 1. The van der Waals surface area contributed by atoms with E-state index in [0.29, 0.717) is 22.1 Å². The summed E-state index contributed by atoms with van der Waals surface area (Å²) in [6, 6.07) is 3.46. The fourth-order valence-electron chi connectivity index (χ4n) is 1.74. The van der Waals surface area contributed by atoms with E-state index >= 15 is 0 Å². The summed E-state index contributed by atoms with van der Waals surface area (Å²) in [4.78, 5) is 0.995. The van der Waals surface area contributed by atoms with Crippen LogP contribution in [0.1, 0.15) is 17.5 Å². The van der Waals surface area contributed by atoms with Crippen molar-refractivity contribution in [3.8, 4) is 0 Å². The van der Waals surface area contributed by atoms with Crippen molar-refractivity contribution in [3.63, 3.8) is 0 Å². The summed E-state index contributed by atoms with van der Waals surface area (Å²) in [5, 5.41) is 7.29. The van der Waals surface area contributed by atoms with Crippen LogP contribution in [0.5, 0.6) is 0 Å². The van der Waals surface area contributed by atoms with Crippen LogP contribution in [0.15, 0.2) is 22.5 Å². The molecule has 0 amide bonds. The van der Waals surface area contributed by atoms with E-state index in [9.17, 15) is 8.42 Å². The molecule has 0 aliphatic rings. The third-order valence-electron chi connectivity index (χ3n) is 2.71. The maximum atomic E-state index is 12.3. The standard InChI is InChI=1S/C12H18N4O2S2/c1-4-13-7-10-5-6-12(19-10)20(17,18)15-11-8-16(3)14-9(11)2/h5-6,8,13,15H,4,7H2,1-3H3.